The molecule has 0 bridgehead atoms. The van der Waals surface area contributed by atoms with E-state index in [0.717, 1.165) is 12.5 Å². The van der Waals surface area contributed by atoms with Crippen LogP contribution < -0.4 is 5.32 Å². The fourth-order valence-electron chi connectivity index (χ4n) is 0.845. The molecule has 0 atom stereocenters. The van der Waals surface area contributed by atoms with E-state index in [-0.39, 0.29) is 12.3 Å². The van der Waals surface area contributed by atoms with Crippen LogP contribution in [-0.2, 0) is 9.84 Å². The van der Waals surface area contributed by atoms with E-state index in [1.165, 1.54) is 12.1 Å². The molecule has 0 saturated heterocycles. The van der Waals surface area contributed by atoms with Crippen LogP contribution in [0.1, 0.15) is 0 Å². The molecule has 78 valence electrons. The molecule has 6 heteroatoms. The van der Waals surface area contributed by atoms with Crippen molar-refractivity contribution in [3.63, 3.8) is 0 Å². The first kappa shape index (κ1) is 10.9. The van der Waals surface area contributed by atoms with Crippen molar-refractivity contribution in [1.82, 2.24) is 4.98 Å². The zero-order chi connectivity index (χ0) is 10.6. The Morgan fingerprint density at radius 3 is 2.71 bits per heavy atom. The zero-order valence-corrected chi connectivity index (χ0v) is 8.51. The lowest BCUT2D eigenvalue weighted by Gasteiger charge is -2.03. The van der Waals surface area contributed by atoms with Crippen molar-refractivity contribution in [1.29, 1.82) is 0 Å². The van der Waals surface area contributed by atoms with E-state index in [1.807, 2.05) is 0 Å². The Morgan fingerprint density at radius 2 is 2.21 bits per heavy atom. The molecule has 1 rings (SSSR count). The molecule has 1 N–H and O–H groups in total. The summed E-state index contributed by atoms with van der Waals surface area (Å²) < 4.78 is 33.9. The number of rotatable bonds is 4. The summed E-state index contributed by atoms with van der Waals surface area (Å²) >= 11 is 0. The summed E-state index contributed by atoms with van der Waals surface area (Å²) in [5.41, 5.74) is 0. The van der Waals surface area contributed by atoms with Crippen LogP contribution >= 0.6 is 0 Å². The number of halogens is 1. The standard InChI is InChI=1S/C8H11FN2O2S/c1-14(12,13)5-4-10-8-3-2-7(9)6-11-8/h2-3,6H,4-5H2,1H3,(H,10,11). The Bertz CT molecular complexity index is 388. The number of aromatic nitrogens is 1. The van der Waals surface area contributed by atoms with Gasteiger partial charge in [-0.15, -0.1) is 0 Å². The third-order valence-electron chi connectivity index (χ3n) is 1.51. The minimum Gasteiger partial charge on any atom is -0.369 e. The second-order valence-corrected chi connectivity index (χ2v) is 5.18. The summed E-state index contributed by atoms with van der Waals surface area (Å²) in [6.45, 7) is 0.275. The van der Waals surface area contributed by atoms with E-state index in [2.05, 4.69) is 10.3 Å². The van der Waals surface area contributed by atoms with Crippen LogP contribution in [0.2, 0.25) is 0 Å². The SMILES string of the molecule is CS(=O)(=O)CCNc1ccc(F)cn1. The molecule has 1 heterocycles. The number of hydrogen-bond acceptors (Lipinski definition) is 4. The fraction of sp³-hybridized carbons (Fsp3) is 0.375. The second kappa shape index (κ2) is 4.36. The maximum absolute atomic E-state index is 12.4. The normalized spacial score (nSPS) is 11.3. The van der Waals surface area contributed by atoms with E-state index >= 15 is 0 Å². The smallest absolute Gasteiger partial charge is 0.149 e. The van der Waals surface area contributed by atoms with Gasteiger partial charge in [0.1, 0.15) is 21.5 Å². The van der Waals surface area contributed by atoms with Gasteiger partial charge in [-0.05, 0) is 12.1 Å². The molecule has 0 unspecified atom stereocenters. The van der Waals surface area contributed by atoms with Crippen LogP contribution in [0.15, 0.2) is 18.3 Å². The van der Waals surface area contributed by atoms with Gasteiger partial charge in [-0.1, -0.05) is 0 Å². The van der Waals surface area contributed by atoms with Gasteiger partial charge in [0.15, 0.2) is 0 Å². The highest BCUT2D eigenvalue weighted by atomic mass is 32.2. The van der Waals surface area contributed by atoms with Gasteiger partial charge in [-0.25, -0.2) is 17.8 Å². The highest BCUT2D eigenvalue weighted by molar-refractivity contribution is 7.90. The molecule has 1 aromatic heterocycles. The number of nitrogens with zero attached hydrogens (tertiary/aromatic N) is 1. The first-order chi connectivity index (χ1) is 6.47. The molecule has 0 saturated carbocycles. The predicted octanol–water partition coefficient (Wildman–Crippen LogP) is 0.677. The number of hydrogen-bond donors (Lipinski definition) is 1. The highest BCUT2D eigenvalue weighted by Crippen LogP contribution is 2.02. The van der Waals surface area contributed by atoms with E-state index in [0.29, 0.717) is 5.82 Å². The minimum atomic E-state index is -2.97. The first-order valence-electron chi connectivity index (χ1n) is 4.00. The summed E-state index contributed by atoms with van der Waals surface area (Å²) in [5, 5.41) is 2.77. The molecule has 0 radical (unpaired) electrons. The molecular formula is C8H11FN2O2S. The summed E-state index contributed by atoms with van der Waals surface area (Å²) in [4.78, 5) is 3.72. The van der Waals surface area contributed by atoms with E-state index in [4.69, 9.17) is 0 Å². The van der Waals surface area contributed by atoms with E-state index in [1.54, 1.807) is 0 Å². The molecule has 0 spiro atoms. The van der Waals surface area contributed by atoms with Crippen LogP contribution in [0, 0.1) is 5.82 Å². The molecule has 4 nitrogen and oxygen atoms in total. The Kier molecular flexibility index (Phi) is 3.40. The van der Waals surface area contributed by atoms with Gasteiger partial charge >= 0.3 is 0 Å². The van der Waals surface area contributed by atoms with Crippen LogP contribution in [0.25, 0.3) is 0 Å². The average molecular weight is 218 g/mol. The zero-order valence-electron chi connectivity index (χ0n) is 7.70. The maximum Gasteiger partial charge on any atom is 0.149 e. The number of sulfone groups is 1. The lowest BCUT2D eigenvalue weighted by Crippen LogP contribution is -2.14. The molecule has 0 aliphatic heterocycles. The molecule has 0 amide bonds. The number of pyridine rings is 1. The monoisotopic (exact) mass is 218 g/mol. The molecule has 14 heavy (non-hydrogen) atoms. The Balaban J connectivity index is 2.43. The fourth-order valence-corrected chi connectivity index (χ4v) is 1.32. The van der Waals surface area contributed by atoms with Gasteiger partial charge in [0.25, 0.3) is 0 Å². The van der Waals surface area contributed by atoms with Gasteiger partial charge in [0, 0.05) is 12.8 Å². The van der Waals surface area contributed by atoms with Crippen molar-refractivity contribution < 1.29 is 12.8 Å². The Morgan fingerprint density at radius 1 is 1.50 bits per heavy atom. The lowest BCUT2D eigenvalue weighted by atomic mass is 10.4. The van der Waals surface area contributed by atoms with Crippen LogP contribution in [0.4, 0.5) is 10.2 Å². The molecule has 0 aliphatic rings. The van der Waals surface area contributed by atoms with Crippen LogP contribution in [0.5, 0.6) is 0 Å². The highest BCUT2D eigenvalue weighted by Gasteiger charge is 2.01. The van der Waals surface area contributed by atoms with Crippen molar-refractivity contribution >= 4 is 15.7 Å². The molecule has 0 aromatic carbocycles. The third kappa shape index (κ3) is 4.18. The maximum atomic E-state index is 12.4. The third-order valence-corrected chi connectivity index (χ3v) is 2.45. The Labute approximate surface area is 82.1 Å². The minimum absolute atomic E-state index is 0.0338. The van der Waals surface area contributed by atoms with Crippen molar-refractivity contribution in [2.45, 2.75) is 0 Å². The Hall–Kier alpha value is -1.17. The van der Waals surface area contributed by atoms with Crippen LogP contribution in [-0.4, -0.2) is 32.0 Å². The van der Waals surface area contributed by atoms with Crippen molar-refractivity contribution in [2.75, 3.05) is 23.9 Å². The van der Waals surface area contributed by atoms with Gasteiger partial charge in [-0.3, -0.25) is 0 Å². The molecule has 0 aliphatic carbocycles. The lowest BCUT2D eigenvalue weighted by molar-refractivity contribution is 0.602. The van der Waals surface area contributed by atoms with Crippen molar-refractivity contribution in [3.8, 4) is 0 Å². The number of nitrogens with one attached hydrogen (secondary N) is 1. The molecular weight excluding hydrogens is 207 g/mol. The van der Waals surface area contributed by atoms with Crippen molar-refractivity contribution in [2.24, 2.45) is 0 Å². The summed E-state index contributed by atoms with van der Waals surface area (Å²) in [5.74, 6) is 0.0835. The van der Waals surface area contributed by atoms with E-state index < -0.39 is 15.7 Å². The molecule has 1 aromatic rings. The van der Waals surface area contributed by atoms with Gasteiger partial charge in [0.05, 0.1) is 11.9 Å². The quantitative estimate of drug-likeness (QED) is 0.807. The summed E-state index contributed by atoms with van der Waals surface area (Å²) in [6.07, 6.45) is 2.23. The van der Waals surface area contributed by atoms with Crippen LogP contribution in [0.3, 0.4) is 0 Å². The molecule has 0 fully saturated rings. The average Bonchev–Trinajstić information content (AvgIpc) is 2.06. The van der Waals surface area contributed by atoms with E-state index in [9.17, 15) is 12.8 Å². The van der Waals surface area contributed by atoms with Gasteiger partial charge < -0.3 is 5.32 Å². The summed E-state index contributed by atoms with van der Waals surface area (Å²) in [7, 11) is -2.97. The van der Waals surface area contributed by atoms with Crippen molar-refractivity contribution in [3.05, 3.63) is 24.1 Å². The largest absolute Gasteiger partial charge is 0.369 e. The second-order valence-electron chi connectivity index (χ2n) is 2.92. The number of anilines is 1. The van der Waals surface area contributed by atoms with Gasteiger partial charge in [0.2, 0.25) is 0 Å². The summed E-state index contributed by atoms with van der Waals surface area (Å²) in [6, 6.07) is 2.72. The first-order valence-corrected chi connectivity index (χ1v) is 6.06. The topological polar surface area (TPSA) is 59.1 Å². The van der Waals surface area contributed by atoms with Gasteiger partial charge in [-0.2, -0.15) is 0 Å². The predicted molar refractivity (Wildman–Crippen MR) is 52.4 cm³/mol.